The molecule has 0 aromatic heterocycles. The molecular formula is C9H15NO5. The summed E-state index contributed by atoms with van der Waals surface area (Å²) < 4.78 is 9.28. The average molecular weight is 217 g/mol. The summed E-state index contributed by atoms with van der Waals surface area (Å²) in [5.41, 5.74) is 0. The number of methoxy groups -OCH3 is 1. The van der Waals surface area contributed by atoms with E-state index in [0.717, 1.165) is 0 Å². The molecule has 0 aliphatic heterocycles. The van der Waals surface area contributed by atoms with Gasteiger partial charge in [0.05, 0.1) is 0 Å². The van der Waals surface area contributed by atoms with Gasteiger partial charge in [0.2, 0.25) is 0 Å². The number of amides is 1. The van der Waals surface area contributed by atoms with Gasteiger partial charge in [0.15, 0.2) is 6.10 Å². The second-order valence-electron chi connectivity index (χ2n) is 2.67. The van der Waals surface area contributed by atoms with Gasteiger partial charge in [-0.3, -0.25) is 0 Å². The molecule has 1 atom stereocenters. The van der Waals surface area contributed by atoms with E-state index < -0.39 is 18.2 Å². The zero-order valence-corrected chi connectivity index (χ0v) is 8.56. The molecule has 86 valence electrons. The molecular weight excluding hydrogens is 202 g/mol. The predicted octanol–water partition coefficient (Wildman–Crippen LogP) is 0.388. The molecule has 15 heavy (non-hydrogen) atoms. The maximum atomic E-state index is 10.9. The van der Waals surface area contributed by atoms with Gasteiger partial charge >= 0.3 is 12.1 Å². The largest absolute Gasteiger partial charge is 0.479 e. The Hall–Kier alpha value is -1.56. The second kappa shape index (κ2) is 7.81. The molecule has 0 rings (SSSR count). The Labute approximate surface area is 87.9 Å². The van der Waals surface area contributed by atoms with Crippen molar-refractivity contribution in [1.82, 2.24) is 5.32 Å². The molecule has 0 aromatic carbocycles. The van der Waals surface area contributed by atoms with Crippen LogP contribution in [0.25, 0.3) is 0 Å². The molecule has 0 radical (unpaired) electrons. The van der Waals surface area contributed by atoms with E-state index in [4.69, 9.17) is 5.11 Å². The van der Waals surface area contributed by atoms with E-state index in [1.165, 1.54) is 13.2 Å². The zero-order valence-electron chi connectivity index (χ0n) is 8.56. The third-order valence-electron chi connectivity index (χ3n) is 1.57. The number of ether oxygens (including phenoxy) is 2. The van der Waals surface area contributed by atoms with Crippen molar-refractivity contribution in [2.75, 3.05) is 20.3 Å². The van der Waals surface area contributed by atoms with Crippen molar-refractivity contribution in [3.05, 3.63) is 12.7 Å². The Kier molecular flexibility index (Phi) is 7.00. The predicted molar refractivity (Wildman–Crippen MR) is 52.6 cm³/mol. The zero-order chi connectivity index (χ0) is 11.7. The van der Waals surface area contributed by atoms with Crippen LogP contribution in [0.15, 0.2) is 12.7 Å². The van der Waals surface area contributed by atoms with E-state index in [2.05, 4.69) is 21.4 Å². The Morgan fingerprint density at radius 1 is 1.60 bits per heavy atom. The van der Waals surface area contributed by atoms with Crippen molar-refractivity contribution in [2.45, 2.75) is 12.5 Å². The molecule has 6 nitrogen and oxygen atoms in total. The number of rotatable bonds is 7. The van der Waals surface area contributed by atoms with Gasteiger partial charge in [0, 0.05) is 20.1 Å². The van der Waals surface area contributed by atoms with Gasteiger partial charge in [-0.15, -0.1) is 0 Å². The minimum absolute atomic E-state index is 0.123. The van der Waals surface area contributed by atoms with Crippen LogP contribution in [0.3, 0.4) is 0 Å². The fraction of sp³-hybridized carbons (Fsp3) is 0.556. The lowest BCUT2D eigenvalue weighted by atomic mass is 10.2. The molecule has 0 aliphatic rings. The molecule has 0 fully saturated rings. The van der Waals surface area contributed by atoms with Gasteiger partial charge in [0.1, 0.15) is 6.61 Å². The molecule has 2 N–H and O–H groups in total. The number of hydrogen-bond acceptors (Lipinski definition) is 4. The van der Waals surface area contributed by atoms with Gasteiger partial charge in [-0.2, -0.15) is 0 Å². The molecule has 0 spiro atoms. The van der Waals surface area contributed by atoms with Crippen LogP contribution in [0.1, 0.15) is 6.42 Å². The third-order valence-corrected chi connectivity index (χ3v) is 1.57. The van der Waals surface area contributed by atoms with Crippen molar-refractivity contribution in [3.8, 4) is 0 Å². The van der Waals surface area contributed by atoms with Crippen LogP contribution < -0.4 is 5.32 Å². The molecule has 6 heteroatoms. The number of hydrogen-bond donors (Lipinski definition) is 2. The molecule has 0 aliphatic carbocycles. The highest BCUT2D eigenvalue weighted by Gasteiger charge is 2.15. The summed E-state index contributed by atoms with van der Waals surface area (Å²) in [4.78, 5) is 21.4. The fourth-order valence-corrected chi connectivity index (χ4v) is 0.833. The first-order chi connectivity index (χ1) is 7.11. The van der Waals surface area contributed by atoms with Crippen molar-refractivity contribution in [3.63, 3.8) is 0 Å². The van der Waals surface area contributed by atoms with E-state index in [-0.39, 0.29) is 19.6 Å². The molecule has 0 heterocycles. The van der Waals surface area contributed by atoms with Crippen LogP contribution in [0.2, 0.25) is 0 Å². The first-order valence-electron chi connectivity index (χ1n) is 4.39. The first-order valence-corrected chi connectivity index (χ1v) is 4.39. The second-order valence-corrected chi connectivity index (χ2v) is 2.67. The lowest BCUT2D eigenvalue weighted by Crippen LogP contribution is -2.31. The highest BCUT2D eigenvalue weighted by atomic mass is 16.5. The van der Waals surface area contributed by atoms with Gasteiger partial charge in [-0.05, 0) is 0 Å². The number of nitrogens with one attached hydrogen (secondary N) is 1. The Morgan fingerprint density at radius 3 is 2.73 bits per heavy atom. The van der Waals surface area contributed by atoms with E-state index in [1.807, 2.05) is 0 Å². The smallest absolute Gasteiger partial charge is 0.407 e. The van der Waals surface area contributed by atoms with E-state index in [0.29, 0.717) is 0 Å². The van der Waals surface area contributed by atoms with Crippen LogP contribution >= 0.6 is 0 Å². The normalized spacial score (nSPS) is 11.5. The number of carbonyl (C=O) groups excluding carboxylic acids is 1. The highest BCUT2D eigenvalue weighted by molar-refractivity contribution is 5.72. The molecule has 0 saturated carbocycles. The fourth-order valence-electron chi connectivity index (χ4n) is 0.833. The monoisotopic (exact) mass is 217 g/mol. The van der Waals surface area contributed by atoms with Crippen LogP contribution in [0, 0.1) is 0 Å². The quantitative estimate of drug-likeness (QED) is 0.602. The SMILES string of the molecule is C=CCOC(=O)NCC[C@H](OC)C(=O)O. The number of carbonyl (C=O) groups is 2. The van der Waals surface area contributed by atoms with Crippen molar-refractivity contribution >= 4 is 12.1 Å². The molecule has 0 aromatic rings. The molecule has 0 saturated heterocycles. The lowest BCUT2D eigenvalue weighted by Gasteiger charge is -2.10. The number of carboxylic acid groups (broad SMARTS) is 1. The summed E-state index contributed by atoms with van der Waals surface area (Å²) >= 11 is 0. The topological polar surface area (TPSA) is 84.9 Å². The van der Waals surface area contributed by atoms with Gasteiger partial charge in [-0.25, -0.2) is 9.59 Å². The number of aliphatic carboxylic acids is 1. The average Bonchev–Trinajstić information content (AvgIpc) is 2.20. The minimum atomic E-state index is -1.06. The molecule has 1 amide bonds. The Balaban J connectivity index is 3.63. The van der Waals surface area contributed by atoms with Crippen molar-refractivity contribution in [1.29, 1.82) is 0 Å². The Morgan fingerprint density at radius 2 is 2.27 bits per heavy atom. The standard InChI is InChI=1S/C9H15NO5/c1-3-6-15-9(13)10-5-4-7(14-2)8(11)12/h3,7H,1,4-6H2,2H3,(H,10,13)(H,11,12)/t7-/m0/s1. The minimum Gasteiger partial charge on any atom is -0.479 e. The van der Waals surface area contributed by atoms with Crippen molar-refractivity contribution < 1.29 is 24.2 Å². The van der Waals surface area contributed by atoms with Gasteiger partial charge in [-0.1, -0.05) is 12.7 Å². The van der Waals surface area contributed by atoms with E-state index in [1.54, 1.807) is 0 Å². The summed E-state index contributed by atoms with van der Waals surface area (Å²) in [6, 6.07) is 0. The summed E-state index contributed by atoms with van der Waals surface area (Å²) in [5, 5.41) is 11.0. The highest BCUT2D eigenvalue weighted by Crippen LogP contribution is 1.95. The van der Waals surface area contributed by atoms with E-state index >= 15 is 0 Å². The van der Waals surface area contributed by atoms with Crippen LogP contribution in [0.5, 0.6) is 0 Å². The number of alkyl carbamates (subject to hydrolysis) is 1. The third kappa shape index (κ3) is 6.50. The van der Waals surface area contributed by atoms with Crippen molar-refractivity contribution in [2.24, 2.45) is 0 Å². The molecule has 0 bridgehead atoms. The maximum Gasteiger partial charge on any atom is 0.407 e. The summed E-state index contributed by atoms with van der Waals surface area (Å²) in [6.45, 7) is 3.68. The van der Waals surface area contributed by atoms with Crippen LogP contribution in [-0.4, -0.2) is 43.5 Å². The lowest BCUT2D eigenvalue weighted by molar-refractivity contribution is -0.148. The summed E-state index contributed by atoms with van der Waals surface area (Å²) in [5.74, 6) is -1.06. The first kappa shape index (κ1) is 13.4. The maximum absolute atomic E-state index is 10.9. The van der Waals surface area contributed by atoms with Crippen LogP contribution in [-0.2, 0) is 14.3 Å². The Bertz CT molecular complexity index is 229. The summed E-state index contributed by atoms with van der Waals surface area (Å²) in [6.07, 6.45) is 0.115. The molecule has 0 unspecified atom stereocenters. The van der Waals surface area contributed by atoms with Crippen LogP contribution in [0.4, 0.5) is 4.79 Å². The van der Waals surface area contributed by atoms with Gasteiger partial charge in [0.25, 0.3) is 0 Å². The van der Waals surface area contributed by atoms with Gasteiger partial charge < -0.3 is 19.9 Å². The number of carboxylic acids is 1. The van der Waals surface area contributed by atoms with E-state index in [9.17, 15) is 9.59 Å². The summed E-state index contributed by atoms with van der Waals surface area (Å²) in [7, 11) is 1.30.